The molecule has 3 heterocycles. The van der Waals surface area contributed by atoms with Gasteiger partial charge in [0.05, 0.1) is 15.9 Å². The van der Waals surface area contributed by atoms with Gasteiger partial charge in [0.25, 0.3) is 0 Å². The van der Waals surface area contributed by atoms with Gasteiger partial charge >= 0.3 is 6.01 Å². The fourth-order valence-corrected chi connectivity index (χ4v) is 4.01. The largest absolute Gasteiger partial charge is 0.489 e. The minimum absolute atomic E-state index is 0. The fraction of sp³-hybridized carbons (Fsp3) is 0.250. The van der Waals surface area contributed by atoms with E-state index in [1.807, 2.05) is 24.3 Å². The Morgan fingerprint density at radius 3 is 2.53 bits per heavy atom. The van der Waals surface area contributed by atoms with E-state index >= 15 is 0 Å². The number of rotatable bonds is 6. The maximum absolute atomic E-state index is 6.45. The lowest BCUT2D eigenvalue weighted by atomic mass is 10.1. The molecule has 0 unspecified atom stereocenters. The predicted molar refractivity (Wildman–Crippen MR) is 135 cm³/mol. The predicted octanol–water partition coefficient (Wildman–Crippen LogP) is 5.50. The monoisotopic (exact) mass is 498 g/mol. The van der Waals surface area contributed by atoms with Crippen LogP contribution in [0.1, 0.15) is 12.8 Å². The quantitative estimate of drug-likeness (QED) is 0.372. The molecule has 1 saturated heterocycles. The van der Waals surface area contributed by atoms with Crippen molar-refractivity contribution in [2.24, 2.45) is 0 Å². The maximum Gasteiger partial charge on any atom is 0.321 e. The first kappa shape index (κ1) is 23.9. The number of anilines is 2. The van der Waals surface area contributed by atoms with Crippen molar-refractivity contribution >= 4 is 46.4 Å². The molecule has 1 fully saturated rings. The summed E-state index contributed by atoms with van der Waals surface area (Å²) in [6.07, 6.45) is 6.91. The summed E-state index contributed by atoms with van der Waals surface area (Å²) in [7, 11) is 2.14. The molecule has 8 nitrogen and oxygen atoms in total. The van der Waals surface area contributed by atoms with Gasteiger partial charge in [-0.1, -0.05) is 17.7 Å². The van der Waals surface area contributed by atoms with Crippen LogP contribution in [-0.2, 0) is 0 Å². The Kier molecular flexibility index (Phi) is 7.62. The molecule has 1 aliphatic rings. The average molecular weight is 499 g/mol. The number of aromatic nitrogens is 4. The van der Waals surface area contributed by atoms with Crippen molar-refractivity contribution < 1.29 is 9.47 Å². The van der Waals surface area contributed by atoms with Crippen LogP contribution in [0.5, 0.6) is 17.5 Å². The Morgan fingerprint density at radius 2 is 1.76 bits per heavy atom. The molecule has 0 saturated carbocycles. The van der Waals surface area contributed by atoms with E-state index < -0.39 is 0 Å². The van der Waals surface area contributed by atoms with Gasteiger partial charge in [0.2, 0.25) is 0 Å². The van der Waals surface area contributed by atoms with Crippen LogP contribution >= 0.6 is 24.0 Å². The summed E-state index contributed by atoms with van der Waals surface area (Å²) in [5.74, 6) is 1.89. The third-order valence-electron chi connectivity index (χ3n) is 5.52. The van der Waals surface area contributed by atoms with Gasteiger partial charge in [0.1, 0.15) is 29.7 Å². The third kappa shape index (κ3) is 5.47. The molecular weight excluding hydrogens is 475 g/mol. The van der Waals surface area contributed by atoms with Gasteiger partial charge in [-0.3, -0.25) is 0 Å². The highest BCUT2D eigenvalue weighted by Crippen LogP contribution is 2.35. The molecule has 0 radical (unpaired) electrons. The van der Waals surface area contributed by atoms with E-state index in [2.05, 4.69) is 37.2 Å². The van der Waals surface area contributed by atoms with Crippen molar-refractivity contribution in [3.8, 4) is 17.5 Å². The van der Waals surface area contributed by atoms with E-state index in [1.165, 1.54) is 6.33 Å². The molecule has 0 spiro atoms. The molecule has 0 bridgehead atoms. The van der Waals surface area contributed by atoms with Gasteiger partial charge in [-0.2, -0.15) is 0 Å². The van der Waals surface area contributed by atoms with Crippen molar-refractivity contribution in [2.75, 3.05) is 25.5 Å². The lowest BCUT2D eigenvalue weighted by molar-refractivity contribution is 0.116. The van der Waals surface area contributed by atoms with Crippen LogP contribution in [0.15, 0.2) is 61.2 Å². The fourth-order valence-electron chi connectivity index (χ4n) is 3.79. The van der Waals surface area contributed by atoms with E-state index in [9.17, 15) is 0 Å². The first-order valence-electron chi connectivity index (χ1n) is 10.8. The molecule has 176 valence electrons. The number of benzene rings is 2. The van der Waals surface area contributed by atoms with Crippen molar-refractivity contribution in [1.82, 2.24) is 24.8 Å². The molecule has 0 amide bonds. The molecule has 0 aliphatic carbocycles. The van der Waals surface area contributed by atoms with Crippen LogP contribution < -0.4 is 14.8 Å². The summed E-state index contributed by atoms with van der Waals surface area (Å²) in [4.78, 5) is 19.4. The van der Waals surface area contributed by atoms with Crippen LogP contribution in [0.2, 0.25) is 5.02 Å². The highest BCUT2D eigenvalue weighted by molar-refractivity contribution is 6.32. The molecule has 2 aromatic carbocycles. The Bertz CT molecular complexity index is 1250. The van der Waals surface area contributed by atoms with Gasteiger partial charge in [-0.25, -0.2) is 19.9 Å². The highest BCUT2D eigenvalue weighted by Gasteiger charge is 2.20. The van der Waals surface area contributed by atoms with Crippen LogP contribution in [0, 0.1) is 0 Å². The number of nitrogens with zero attached hydrogens (tertiary/aromatic N) is 5. The Balaban J connectivity index is 0.00000274. The number of fused-ring (bicyclic) bond motifs is 1. The van der Waals surface area contributed by atoms with E-state index in [4.69, 9.17) is 21.1 Å². The molecule has 5 rings (SSSR count). The summed E-state index contributed by atoms with van der Waals surface area (Å²) in [6, 6.07) is 13.2. The topological polar surface area (TPSA) is 85.3 Å². The van der Waals surface area contributed by atoms with Crippen LogP contribution in [-0.4, -0.2) is 51.1 Å². The maximum atomic E-state index is 6.45. The van der Waals surface area contributed by atoms with E-state index in [-0.39, 0.29) is 24.5 Å². The minimum Gasteiger partial charge on any atom is -0.489 e. The molecule has 10 heteroatoms. The third-order valence-corrected chi connectivity index (χ3v) is 5.82. The Labute approximate surface area is 208 Å². The van der Waals surface area contributed by atoms with E-state index in [0.717, 1.165) is 48.3 Å². The van der Waals surface area contributed by atoms with E-state index in [0.29, 0.717) is 16.6 Å². The van der Waals surface area contributed by atoms with Gasteiger partial charge in [0, 0.05) is 31.2 Å². The summed E-state index contributed by atoms with van der Waals surface area (Å²) >= 11 is 6.45. The lowest BCUT2D eigenvalue weighted by Gasteiger charge is -2.29. The molecule has 0 atom stereocenters. The van der Waals surface area contributed by atoms with Crippen molar-refractivity contribution in [1.29, 1.82) is 0 Å². The van der Waals surface area contributed by atoms with Gasteiger partial charge in [-0.15, -0.1) is 12.4 Å². The lowest BCUT2D eigenvalue weighted by Crippen LogP contribution is -2.35. The minimum atomic E-state index is 0. The molecule has 34 heavy (non-hydrogen) atoms. The number of ether oxygens (including phenoxy) is 2. The number of piperidine rings is 1. The number of hydrogen-bond acceptors (Lipinski definition) is 8. The van der Waals surface area contributed by atoms with Crippen LogP contribution in [0.25, 0.3) is 10.9 Å². The summed E-state index contributed by atoms with van der Waals surface area (Å²) in [6.45, 7) is 2.05. The van der Waals surface area contributed by atoms with Gasteiger partial charge in [0.15, 0.2) is 0 Å². The first-order valence-corrected chi connectivity index (χ1v) is 11.1. The van der Waals surface area contributed by atoms with Crippen LogP contribution in [0.3, 0.4) is 0 Å². The molecule has 4 aromatic rings. The normalized spacial score (nSPS) is 14.4. The molecule has 1 aliphatic heterocycles. The zero-order valence-electron chi connectivity index (χ0n) is 18.5. The van der Waals surface area contributed by atoms with Crippen molar-refractivity contribution in [3.63, 3.8) is 0 Å². The van der Waals surface area contributed by atoms with Gasteiger partial charge in [-0.05, 0) is 56.3 Å². The van der Waals surface area contributed by atoms with Gasteiger partial charge < -0.3 is 19.7 Å². The molecule has 1 N–H and O–H groups in total. The van der Waals surface area contributed by atoms with Crippen LogP contribution in [0.4, 0.5) is 11.5 Å². The summed E-state index contributed by atoms with van der Waals surface area (Å²) in [5, 5.41) is 4.62. The second-order valence-corrected chi connectivity index (χ2v) is 8.30. The van der Waals surface area contributed by atoms with E-state index in [1.54, 1.807) is 30.6 Å². The Morgan fingerprint density at radius 1 is 0.971 bits per heavy atom. The number of likely N-dealkylation sites (tertiary alicyclic amines) is 1. The number of hydrogen-bond donors (Lipinski definition) is 1. The Hall–Kier alpha value is -3.20. The average Bonchev–Trinajstić information content (AvgIpc) is 2.83. The number of halogens is 2. The summed E-state index contributed by atoms with van der Waals surface area (Å²) in [5.41, 5.74) is 1.57. The second-order valence-electron chi connectivity index (χ2n) is 7.90. The second kappa shape index (κ2) is 10.8. The molecule has 2 aromatic heterocycles. The highest BCUT2D eigenvalue weighted by atomic mass is 35.5. The van der Waals surface area contributed by atoms with Crippen molar-refractivity contribution in [3.05, 3.63) is 66.2 Å². The zero-order chi connectivity index (χ0) is 22.6. The SMILES string of the molecule is CN1CCC(Oc2cccc3ncnc(Nc4ccc(Oc5ncccn5)c(Cl)c4)c23)CC1.Cl. The standard InChI is InChI=1S/C24H23ClN6O2.ClH/c1-31-12-8-17(9-13-31)32-21-5-2-4-19-22(21)23(29-15-28-19)30-16-6-7-20(18(25)14-16)33-24-26-10-3-11-27-24;/h2-7,10-11,14-15,17H,8-9,12-13H2,1H3,(H,28,29,30);1H. The molecular formula is C24H24Cl2N6O2. The smallest absolute Gasteiger partial charge is 0.321 e. The number of nitrogens with one attached hydrogen (secondary N) is 1. The first-order chi connectivity index (χ1) is 16.2. The van der Waals surface area contributed by atoms with Crippen molar-refractivity contribution in [2.45, 2.75) is 18.9 Å². The zero-order valence-corrected chi connectivity index (χ0v) is 20.1. The summed E-state index contributed by atoms with van der Waals surface area (Å²) < 4.78 is 12.1.